The molecule has 1 atom stereocenters. The van der Waals surface area contributed by atoms with Crippen LogP contribution < -0.4 is 5.32 Å². The lowest BCUT2D eigenvalue weighted by Gasteiger charge is -2.39. The molecule has 1 aromatic heterocycles. The van der Waals surface area contributed by atoms with E-state index in [4.69, 9.17) is 4.74 Å². The zero-order chi connectivity index (χ0) is 12.7. The van der Waals surface area contributed by atoms with Gasteiger partial charge in [0, 0.05) is 18.3 Å². The van der Waals surface area contributed by atoms with Crippen LogP contribution in [0.4, 0.5) is 0 Å². The van der Waals surface area contributed by atoms with Crippen molar-refractivity contribution in [1.29, 1.82) is 0 Å². The van der Waals surface area contributed by atoms with Crippen LogP contribution in [0.15, 0.2) is 12.4 Å². The van der Waals surface area contributed by atoms with Crippen LogP contribution in [0, 0.1) is 0 Å². The first-order valence-corrected chi connectivity index (χ1v) is 6.23. The van der Waals surface area contributed by atoms with E-state index in [1.807, 2.05) is 10.9 Å². The van der Waals surface area contributed by atoms with Gasteiger partial charge in [-0.05, 0) is 34.6 Å². The highest BCUT2D eigenvalue weighted by Crippen LogP contribution is 2.31. The van der Waals surface area contributed by atoms with Crippen LogP contribution in [-0.4, -0.2) is 28.5 Å². The molecule has 1 aliphatic heterocycles. The maximum Gasteiger partial charge on any atom is 0.0822 e. The number of hydrogen-bond acceptors (Lipinski definition) is 3. The van der Waals surface area contributed by atoms with Crippen LogP contribution in [0.2, 0.25) is 0 Å². The SMILES string of the molecule is CC1(C)OCCNC1c1cnn(C(C)(C)C)c1. The molecule has 0 aromatic carbocycles. The molecule has 1 saturated heterocycles. The summed E-state index contributed by atoms with van der Waals surface area (Å²) in [5.74, 6) is 0. The highest BCUT2D eigenvalue weighted by Gasteiger charge is 2.35. The standard InChI is InChI=1S/C13H23N3O/c1-12(2,3)16-9-10(8-15-16)11-13(4,5)17-7-6-14-11/h8-9,11,14H,6-7H2,1-5H3. The summed E-state index contributed by atoms with van der Waals surface area (Å²) in [4.78, 5) is 0. The molecule has 1 aliphatic rings. The molecule has 0 aliphatic carbocycles. The van der Waals surface area contributed by atoms with Gasteiger partial charge in [0.15, 0.2) is 0 Å². The molecule has 1 unspecified atom stereocenters. The van der Waals surface area contributed by atoms with Crippen molar-refractivity contribution in [3.8, 4) is 0 Å². The fourth-order valence-corrected chi connectivity index (χ4v) is 2.22. The maximum atomic E-state index is 5.83. The summed E-state index contributed by atoms with van der Waals surface area (Å²) in [5.41, 5.74) is 1.05. The third kappa shape index (κ3) is 2.53. The highest BCUT2D eigenvalue weighted by atomic mass is 16.5. The fourth-order valence-electron chi connectivity index (χ4n) is 2.22. The van der Waals surface area contributed by atoms with Gasteiger partial charge < -0.3 is 10.1 Å². The third-order valence-corrected chi connectivity index (χ3v) is 3.24. The Hall–Kier alpha value is -0.870. The predicted molar refractivity (Wildman–Crippen MR) is 68.0 cm³/mol. The van der Waals surface area contributed by atoms with Gasteiger partial charge in [-0.15, -0.1) is 0 Å². The summed E-state index contributed by atoms with van der Waals surface area (Å²) in [6, 6.07) is 0.215. The van der Waals surface area contributed by atoms with Gasteiger partial charge in [-0.25, -0.2) is 0 Å². The number of aromatic nitrogens is 2. The van der Waals surface area contributed by atoms with Gasteiger partial charge in [0.2, 0.25) is 0 Å². The normalized spacial score (nSPS) is 24.9. The summed E-state index contributed by atoms with van der Waals surface area (Å²) < 4.78 is 7.84. The van der Waals surface area contributed by atoms with Crippen molar-refractivity contribution < 1.29 is 4.74 Å². The first-order chi connectivity index (χ1) is 7.81. The molecular weight excluding hydrogens is 214 g/mol. The summed E-state index contributed by atoms with van der Waals surface area (Å²) in [6.45, 7) is 12.4. The molecule has 0 spiro atoms. The summed E-state index contributed by atoms with van der Waals surface area (Å²) in [5, 5.41) is 7.96. The van der Waals surface area contributed by atoms with Gasteiger partial charge >= 0.3 is 0 Å². The molecule has 1 aromatic rings. The van der Waals surface area contributed by atoms with Crippen LogP contribution in [0.25, 0.3) is 0 Å². The quantitative estimate of drug-likeness (QED) is 0.813. The second-order valence-electron chi connectivity index (χ2n) is 6.23. The molecule has 1 N–H and O–H groups in total. The monoisotopic (exact) mass is 237 g/mol. The average molecular weight is 237 g/mol. The Bertz CT molecular complexity index is 390. The number of ether oxygens (including phenoxy) is 1. The Kier molecular flexibility index (Phi) is 3.04. The summed E-state index contributed by atoms with van der Waals surface area (Å²) in [6.07, 6.45) is 4.06. The Labute approximate surface area is 103 Å². The van der Waals surface area contributed by atoms with Crippen LogP contribution in [0.1, 0.15) is 46.2 Å². The Morgan fingerprint density at radius 3 is 2.71 bits per heavy atom. The van der Waals surface area contributed by atoms with Crippen LogP contribution in [0.3, 0.4) is 0 Å². The van der Waals surface area contributed by atoms with Crippen molar-refractivity contribution in [3.05, 3.63) is 18.0 Å². The van der Waals surface area contributed by atoms with E-state index in [0.717, 1.165) is 13.2 Å². The molecule has 17 heavy (non-hydrogen) atoms. The summed E-state index contributed by atoms with van der Waals surface area (Å²) in [7, 11) is 0. The zero-order valence-corrected chi connectivity index (χ0v) is 11.4. The Morgan fingerprint density at radius 1 is 1.47 bits per heavy atom. The zero-order valence-electron chi connectivity index (χ0n) is 11.4. The minimum atomic E-state index is -0.177. The Morgan fingerprint density at radius 2 is 2.18 bits per heavy atom. The van der Waals surface area contributed by atoms with Crippen LogP contribution in [-0.2, 0) is 10.3 Å². The van der Waals surface area contributed by atoms with Gasteiger partial charge in [-0.2, -0.15) is 5.10 Å². The van der Waals surface area contributed by atoms with E-state index < -0.39 is 0 Å². The molecular formula is C13H23N3O. The maximum absolute atomic E-state index is 5.83. The molecule has 1 fully saturated rings. The molecule has 4 heteroatoms. The van der Waals surface area contributed by atoms with Crippen LogP contribution >= 0.6 is 0 Å². The highest BCUT2D eigenvalue weighted by molar-refractivity contribution is 5.16. The van der Waals surface area contributed by atoms with Crippen molar-refractivity contribution in [3.63, 3.8) is 0 Å². The van der Waals surface area contributed by atoms with Crippen molar-refractivity contribution in [2.75, 3.05) is 13.2 Å². The minimum Gasteiger partial charge on any atom is -0.372 e. The molecule has 2 rings (SSSR count). The lowest BCUT2D eigenvalue weighted by Crippen LogP contribution is -2.48. The van der Waals surface area contributed by atoms with E-state index in [9.17, 15) is 0 Å². The number of morpholine rings is 1. The largest absolute Gasteiger partial charge is 0.372 e. The molecule has 0 radical (unpaired) electrons. The van der Waals surface area contributed by atoms with E-state index >= 15 is 0 Å². The van der Waals surface area contributed by atoms with Crippen molar-refractivity contribution in [2.45, 2.75) is 51.8 Å². The molecule has 0 saturated carbocycles. The van der Waals surface area contributed by atoms with E-state index in [1.165, 1.54) is 5.56 Å². The van der Waals surface area contributed by atoms with Gasteiger partial charge in [-0.1, -0.05) is 0 Å². The van der Waals surface area contributed by atoms with Gasteiger partial charge in [0.25, 0.3) is 0 Å². The fraction of sp³-hybridized carbons (Fsp3) is 0.769. The van der Waals surface area contributed by atoms with Crippen molar-refractivity contribution >= 4 is 0 Å². The van der Waals surface area contributed by atoms with E-state index in [1.54, 1.807) is 0 Å². The number of hydrogen-bond donors (Lipinski definition) is 1. The summed E-state index contributed by atoms with van der Waals surface area (Å²) >= 11 is 0. The lowest BCUT2D eigenvalue weighted by atomic mass is 9.92. The number of rotatable bonds is 1. The van der Waals surface area contributed by atoms with Gasteiger partial charge in [0.05, 0.1) is 30.0 Å². The first kappa shape index (κ1) is 12.6. The molecule has 0 bridgehead atoms. The molecule has 0 amide bonds. The number of nitrogens with zero attached hydrogens (tertiary/aromatic N) is 2. The smallest absolute Gasteiger partial charge is 0.0822 e. The van der Waals surface area contributed by atoms with E-state index in [0.29, 0.717) is 0 Å². The van der Waals surface area contributed by atoms with Gasteiger partial charge in [-0.3, -0.25) is 4.68 Å². The lowest BCUT2D eigenvalue weighted by molar-refractivity contribution is -0.0722. The van der Waals surface area contributed by atoms with E-state index in [2.05, 4.69) is 51.2 Å². The topological polar surface area (TPSA) is 39.1 Å². The van der Waals surface area contributed by atoms with E-state index in [-0.39, 0.29) is 17.2 Å². The van der Waals surface area contributed by atoms with Crippen LogP contribution in [0.5, 0.6) is 0 Å². The van der Waals surface area contributed by atoms with Gasteiger partial charge in [0.1, 0.15) is 0 Å². The predicted octanol–water partition coefficient (Wildman–Crippen LogP) is 2.08. The van der Waals surface area contributed by atoms with Crippen molar-refractivity contribution in [2.24, 2.45) is 0 Å². The third-order valence-electron chi connectivity index (χ3n) is 3.24. The minimum absolute atomic E-state index is 0.0257. The second-order valence-corrected chi connectivity index (χ2v) is 6.23. The molecule has 2 heterocycles. The molecule has 4 nitrogen and oxygen atoms in total. The van der Waals surface area contributed by atoms with Crippen molar-refractivity contribution in [1.82, 2.24) is 15.1 Å². The Balaban J connectivity index is 2.25. The first-order valence-electron chi connectivity index (χ1n) is 6.23. The average Bonchev–Trinajstić information content (AvgIpc) is 2.65. The number of nitrogens with one attached hydrogen (secondary N) is 1. The second kappa shape index (κ2) is 4.10. The molecule has 96 valence electrons.